The zero-order valence-corrected chi connectivity index (χ0v) is 12.3. The predicted octanol–water partition coefficient (Wildman–Crippen LogP) is 0.251. The van der Waals surface area contributed by atoms with E-state index in [0.29, 0.717) is 23.4 Å². The second kappa shape index (κ2) is 5.64. The van der Waals surface area contributed by atoms with Crippen molar-refractivity contribution in [2.24, 2.45) is 0 Å². The second-order valence-corrected chi connectivity index (χ2v) is 5.26. The number of nitrogens with zero attached hydrogens (tertiary/aromatic N) is 2. The number of anilines is 1. The Labute approximate surface area is 130 Å². The quantitative estimate of drug-likeness (QED) is 0.623. The molecule has 1 aromatic carbocycles. The van der Waals surface area contributed by atoms with Crippen molar-refractivity contribution < 1.29 is 14.4 Å². The van der Waals surface area contributed by atoms with Gasteiger partial charge in [0.2, 0.25) is 18.2 Å². The maximum atomic E-state index is 12.9. The molecule has 1 saturated heterocycles. The molecule has 0 bridgehead atoms. The monoisotopic (exact) mass is 314 g/mol. The van der Waals surface area contributed by atoms with Crippen LogP contribution in [-0.4, -0.2) is 27.8 Å². The maximum Gasteiger partial charge on any atom is 0.264 e. The smallest absolute Gasteiger partial charge is 0.264 e. The summed E-state index contributed by atoms with van der Waals surface area (Å²) in [5.41, 5.74) is 0.339. The van der Waals surface area contributed by atoms with Crippen molar-refractivity contribution >= 4 is 34.8 Å². The van der Waals surface area contributed by atoms with Crippen molar-refractivity contribution in [3.05, 3.63) is 34.4 Å². The van der Waals surface area contributed by atoms with E-state index in [4.69, 9.17) is 0 Å². The normalized spacial score (nSPS) is 17.9. The van der Waals surface area contributed by atoms with Crippen molar-refractivity contribution in [1.29, 1.82) is 0 Å². The fourth-order valence-corrected chi connectivity index (χ4v) is 2.83. The van der Waals surface area contributed by atoms with Gasteiger partial charge in [-0.3, -0.25) is 29.1 Å². The van der Waals surface area contributed by atoms with Crippen LogP contribution in [0.3, 0.4) is 0 Å². The summed E-state index contributed by atoms with van der Waals surface area (Å²) >= 11 is 0. The average molecular weight is 314 g/mol. The minimum absolute atomic E-state index is 0.161. The number of hydrogen-bond acceptors (Lipinski definition) is 5. The number of carbonyl (C=O) groups excluding carboxylic acids is 3. The lowest BCUT2D eigenvalue weighted by atomic mass is 10.1. The third-order valence-corrected chi connectivity index (χ3v) is 3.84. The van der Waals surface area contributed by atoms with E-state index in [-0.39, 0.29) is 24.1 Å². The molecule has 118 valence electrons. The van der Waals surface area contributed by atoms with Crippen LogP contribution in [-0.2, 0) is 14.4 Å². The number of imide groups is 1. The van der Waals surface area contributed by atoms with Gasteiger partial charge in [0.15, 0.2) is 0 Å². The Bertz CT molecular complexity index is 887. The van der Waals surface area contributed by atoms with Gasteiger partial charge in [0.1, 0.15) is 11.9 Å². The third kappa shape index (κ3) is 2.48. The summed E-state index contributed by atoms with van der Waals surface area (Å²) in [4.78, 5) is 51.3. The molecule has 2 N–H and O–H groups in total. The Balaban J connectivity index is 2.23. The number of amides is 3. The van der Waals surface area contributed by atoms with E-state index in [0.717, 1.165) is 0 Å². The molecular formula is C15H14N4O4. The molecule has 1 atom stereocenters. The third-order valence-electron chi connectivity index (χ3n) is 3.84. The summed E-state index contributed by atoms with van der Waals surface area (Å²) in [5.74, 6) is -0.498. The zero-order valence-electron chi connectivity index (χ0n) is 12.3. The number of rotatable bonds is 3. The van der Waals surface area contributed by atoms with Crippen molar-refractivity contribution in [3.8, 4) is 0 Å². The number of aromatic nitrogens is 2. The molecule has 23 heavy (non-hydrogen) atoms. The first-order valence-electron chi connectivity index (χ1n) is 7.08. The average Bonchev–Trinajstić information content (AvgIpc) is 2.49. The standard InChI is InChI=1S/C15H14N4O4/c1-8-17-10-4-2-3-9(16-7-20)13(10)15(23)19(8)11-5-6-12(21)18-14(11)22/h2-4,7,11H,5-6H2,1H3,(H,16,20)(H,18,21,22)/t11-/m1/s1. The Morgan fingerprint density at radius 1 is 1.35 bits per heavy atom. The van der Waals surface area contributed by atoms with Crippen LogP contribution in [0.15, 0.2) is 23.0 Å². The molecule has 2 aromatic rings. The topological polar surface area (TPSA) is 110 Å². The summed E-state index contributed by atoms with van der Waals surface area (Å²) < 4.78 is 1.28. The Morgan fingerprint density at radius 3 is 2.83 bits per heavy atom. The maximum absolute atomic E-state index is 12.9. The largest absolute Gasteiger partial charge is 0.328 e. The lowest BCUT2D eigenvalue weighted by Crippen LogP contribution is -2.45. The Morgan fingerprint density at radius 2 is 2.13 bits per heavy atom. The molecule has 0 unspecified atom stereocenters. The van der Waals surface area contributed by atoms with Gasteiger partial charge >= 0.3 is 0 Å². The molecule has 8 heteroatoms. The minimum Gasteiger partial charge on any atom is -0.328 e. The molecular weight excluding hydrogens is 300 g/mol. The van der Waals surface area contributed by atoms with Crippen LogP contribution in [0.4, 0.5) is 5.69 Å². The number of carbonyl (C=O) groups is 3. The number of benzene rings is 1. The van der Waals surface area contributed by atoms with E-state index in [1.807, 2.05) is 0 Å². The molecule has 0 saturated carbocycles. The fraction of sp³-hybridized carbons (Fsp3) is 0.267. The highest BCUT2D eigenvalue weighted by Gasteiger charge is 2.30. The van der Waals surface area contributed by atoms with Crippen LogP contribution in [0.5, 0.6) is 0 Å². The first-order valence-corrected chi connectivity index (χ1v) is 7.08. The van der Waals surface area contributed by atoms with E-state index >= 15 is 0 Å². The van der Waals surface area contributed by atoms with Gasteiger partial charge in [0, 0.05) is 6.42 Å². The van der Waals surface area contributed by atoms with Crippen molar-refractivity contribution in [1.82, 2.24) is 14.9 Å². The van der Waals surface area contributed by atoms with Gasteiger partial charge in [-0.1, -0.05) is 6.07 Å². The first kappa shape index (κ1) is 14.9. The summed E-state index contributed by atoms with van der Waals surface area (Å²) in [6.07, 6.45) is 0.876. The van der Waals surface area contributed by atoms with Crippen LogP contribution in [0.2, 0.25) is 0 Å². The van der Waals surface area contributed by atoms with Gasteiger partial charge in [-0.05, 0) is 25.5 Å². The van der Waals surface area contributed by atoms with Crippen LogP contribution in [0, 0.1) is 6.92 Å². The van der Waals surface area contributed by atoms with E-state index < -0.39 is 17.5 Å². The SMILES string of the molecule is Cc1nc2cccc(NC=O)c2c(=O)n1[C@@H]1CCC(=O)NC1=O. The molecule has 0 radical (unpaired) electrons. The fourth-order valence-electron chi connectivity index (χ4n) is 2.83. The summed E-state index contributed by atoms with van der Waals surface area (Å²) in [5, 5.41) is 4.94. The zero-order chi connectivity index (χ0) is 16.6. The lowest BCUT2D eigenvalue weighted by molar-refractivity contribution is -0.135. The molecule has 1 aliphatic rings. The highest BCUT2D eigenvalue weighted by Crippen LogP contribution is 2.22. The van der Waals surface area contributed by atoms with E-state index in [1.54, 1.807) is 25.1 Å². The van der Waals surface area contributed by atoms with E-state index in [2.05, 4.69) is 15.6 Å². The van der Waals surface area contributed by atoms with Crippen molar-refractivity contribution in [3.63, 3.8) is 0 Å². The Hall–Kier alpha value is -3.03. The molecule has 1 aromatic heterocycles. The van der Waals surface area contributed by atoms with E-state index in [9.17, 15) is 19.2 Å². The summed E-state index contributed by atoms with van der Waals surface area (Å²) in [6, 6.07) is 4.14. The number of nitrogens with one attached hydrogen (secondary N) is 2. The van der Waals surface area contributed by atoms with Crippen LogP contribution < -0.4 is 16.2 Å². The van der Waals surface area contributed by atoms with Crippen molar-refractivity contribution in [2.45, 2.75) is 25.8 Å². The highest BCUT2D eigenvalue weighted by molar-refractivity contribution is 6.00. The number of aryl methyl sites for hydroxylation is 1. The highest BCUT2D eigenvalue weighted by atomic mass is 16.2. The molecule has 1 fully saturated rings. The number of piperidine rings is 1. The van der Waals surface area contributed by atoms with Crippen LogP contribution >= 0.6 is 0 Å². The van der Waals surface area contributed by atoms with E-state index in [1.165, 1.54) is 4.57 Å². The van der Waals surface area contributed by atoms with Crippen LogP contribution in [0.25, 0.3) is 10.9 Å². The second-order valence-electron chi connectivity index (χ2n) is 5.26. The van der Waals surface area contributed by atoms with Gasteiger partial charge in [0.25, 0.3) is 5.56 Å². The molecule has 1 aliphatic heterocycles. The van der Waals surface area contributed by atoms with Gasteiger partial charge in [-0.15, -0.1) is 0 Å². The molecule has 8 nitrogen and oxygen atoms in total. The number of hydrogen-bond donors (Lipinski definition) is 2. The molecule has 0 spiro atoms. The lowest BCUT2D eigenvalue weighted by Gasteiger charge is -2.24. The van der Waals surface area contributed by atoms with Gasteiger partial charge in [0.05, 0.1) is 16.6 Å². The molecule has 3 amide bonds. The minimum atomic E-state index is -0.790. The summed E-state index contributed by atoms with van der Waals surface area (Å²) in [6.45, 7) is 1.63. The van der Waals surface area contributed by atoms with Crippen molar-refractivity contribution in [2.75, 3.05) is 5.32 Å². The van der Waals surface area contributed by atoms with Gasteiger partial charge in [-0.2, -0.15) is 0 Å². The summed E-state index contributed by atoms with van der Waals surface area (Å²) in [7, 11) is 0. The first-order chi connectivity index (χ1) is 11.0. The van der Waals surface area contributed by atoms with Crippen LogP contribution in [0.1, 0.15) is 24.7 Å². The Kier molecular flexibility index (Phi) is 3.65. The molecule has 3 rings (SSSR count). The number of fused-ring (bicyclic) bond motifs is 1. The predicted molar refractivity (Wildman–Crippen MR) is 81.8 cm³/mol. The van der Waals surface area contributed by atoms with Gasteiger partial charge in [-0.25, -0.2) is 4.98 Å². The van der Waals surface area contributed by atoms with Gasteiger partial charge < -0.3 is 5.32 Å². The molecule has 0 aliphatic carbocycles. The molecule has 2 heterocycles.